The van der Waals surface area contributed by atoms with Crippen LogP contribution in [0.3, 0.4) is 0 Å². The number of carbonyl (C=O) groups is 2. The molecule has 0 spiro atoms. The Morgan fingerprint density at radius 3 is 2.67 bits per heavy atom. The quantitative estimate of drug-likeness (QED) is 0.519. The number of ketones is 1. The number of piperidine rings is 1. The molecule has 8 nitrogen and oxygen atoms in total. The molecule has 1 aromatic heterocycles. The number of nitrogens with one attached hydrogen (secondary N) is 4. The Morgan fingerprint density at radius 1 is 1.22 bits per heavy atom. The van der Waals surface area contributed by atoms with Gasteiger partial charge in [0.25, 0.3) is 0 Å². The predicted molar refractivity (Wildman–Crippen MR) is 102 cm³/mol. The molecule has 0 saturated carbocycles. The first-order valence-electron chi connectivity index (χ1n) is 9.10. The number of H-pyrrole nitrogens is 1. The summed E-state index contributed by atoms with van der Waals surface area (Å²) in [4.78, 5) is 31.5. The monoisotopic (exact) mass is 371 g/mol. The van der Waals surface area contributed by atoms with Crippen molar-refractivity contribution in [1.29, 1.82) is 0 Å². The maximum Gasteiger partial charge on any atom is 0.239 e. The topological polar surface area (TPSA) is 108 Å². The Balaban J connectivity index is 1.46. The van der Waals surface area contributed by atoms with Crippen LogP contribution in [0.2, 0.25) is 0 Å². The van der Waals surface area contributed by atoms with Gasteiger partial charge in [0.05, 0.1) is 19.9 Å². The number of amides is 1. The minimum Gasteiger partial charge on any atom is -0.497 e. The van der Waals surface area contributed by atoms with E-state index in [9.17, 15) is 9.59 Å². The van der Waals surface area contributed by atoms with Crippen molar-refractivity contribution in [2.24, 2.45) is 5.92 Å². The molecule has 2 heterocycles. The zero-order valence-electron chi connectivity index (χ0n) is 15.4. The minimum atomic E-state index is -0.173. The summed E-state index contributed by atoms with van der Waals surface area (Å²) in [5.41, 5.74) is 0.892. The summed E-state index contributed by atoms with van der Waals surface area (Å²) in [7, 11) is 1.58. The number of rotatable bonds is 8. The molecule has 0 atom stereocenters. The molecule has 8 heteroatoms. The predicted octanol–water partition coefficient (Wildman–Crippen LogP) is 1.18. The van der Waals surface area contributed by atoms with Crippen LogP contribution in [0.15, 0.2) is 30.5 Å². The van der Waals surface area contributed by atoms with Crippen molar-refractivity contribution in [2.45, 2.75) is 12.8 Å². The Hall–Kier alpha value is -2.87. The van der Waals surface area contributed by atoms with Crippen LogP contribution < -0.4 is 20.7 Å². The van der Waals surface area contributed by atoms with Crippen molar-refractivity contribution in [3.8, 4) is 5.75 Å². The lowest BCUT2D eigenvalue weighted by molar-refractivity contribution is -0.119. The summed E-state index contributed by atoms with van der Waals surface area (Å²) in [6.45, 7) is 2.82. The number of hydrogen-bond acceptors (Lipinski definition) is 6. The molecule has 1 aliphatic rings. The van der Waals surface area contributed by atoms with E-state index < -0.39 is 0 Å². The average Bonchev–Trinajstić information content (AvgIpc) is 3.20. The first kappa shape index (κ1) is 18.9. The Bertz CT molecular complexity index is 766. The van der Waals surface area contributed by atoms with Gasteiger partial charge in [-0.15, -0.1) is 0 Å². The lowest BCUT2D eigenvalue weighted by Crippen LogP contribution is -2.38. The maximum absolute atomic E-state index is 12.5. The molecule has 0 bridgehead atoms. The van der Waals surface area contributed by atoms with Crippen LogP contribution >= 0.6 is 0 Å². The number of nitrogens with zero attached hydrogens (tertiary/aromatic N) is 1. The number of aromatic nitrogens is 2. The first-order chi connectivity index (χ1) is 13.2. The molecule has 0 aliphatic carbocycles. The standard InChI is InChI=1S/C19H25N5O3/c1-27-15-4-2-14(3-5-15)18(26)16-11-22-19(24-16)23-12-17(25)21-10-13-6-8-20-9-7-13/h2-5,11,13,20H,6-10,12H2,1H3,(H,21,25)(H2,22,23,24). The van der Waals surface area contributed by atoms with Crippen LogP contribution in [-0.4, -0.2) is 54.9 Å². The molecule has 1 amide bonds. The highest BCUT2D eigenvalue weighted by molar-refractivity contribution is 6.07. The second-order valence-corrected chi connectivity index (χ2v) is 6.55. The zero-order valence-corrected chi connectivity index (χ0v) is 15.4. The highest BCUT2D eigenvalue weighted by Gasteiger charge is 2.15. The van der Waals surface area contributed by atoms with E-state index in [1.807, 2.05) is 0 Å². The Morgan fingerprint density at radius 2 is 1.96 bits per heavy atom. The number of imidazole rings is 1. The smallest absolute Gasteiger partial charge is 0.239 e. The van der Waals surface area contributed by atoms with Crippen LogP contribution in [0.4, 0.5) is 5.95 Å². The van der Waals surface area contributed by atoms with Crippen molar-refractivity contribution < 1.29 is 14.3 Å². The van der Waals surface area contributed by atoms with Crippen LogP contribution in [0.5, 0.6) is 5.75 Å². The van der Waals surface area contributed by atoms with Crippen LogP contribution in [0.1, 0.15) is 28.9 Å². The Labute approximate surface area is 158 Å². The zero-order chi connectivity index (χ0) is 19.1. The first-order valence-corrected chi connectivity index (χ1v) is 9.10. The van der Waals surface area contributed by atoms with E-state index in [1.165, 1.54) is 6.20 Å². The number of anilines is 1. The van der Waals surface area contributed by atoms with Crippen molar-refractivity contribution in [1.82, 2.24) is 20.6 Å². The van der Waals surface area contributed by atoms with E-state index in [0.29, 0.717) is 35.4 Å². The normalized spacial score (nSPS) is 14.6. The average molecular weight is 371 g/mol. The molecule has 27 heavy (non-hydrogen) atoms. The number of hydrogen-bond donors (Lipinski definition) is 4. The summed E-state index contributed by atoms with van der Waals surface area (Å²) < 4.78 is 5.09. The second-order valence-electron chi connectivity index (χ2n) is 6.55. The molecular formula is C19H25N5O3. The van der Waals surface area contributed by atoms with Crippen molar-refractivity contribution in [3.63, 3.8) is 0 Å². The van der Waals surface area contributed by atoms with Crippen molar-refractivity contribution in [3.05, 3.63) is 41.7 Å². The number of carbonyl (C=O) groups excluding carboxylic acids is 2. The van der Waals surface area contributed by atoms with Gasteiger partial charge in [-0.2, -0.15) is 0 Å². The molecular weight excluding hydrogens is 346 g/mol. The summed E-state index contributed by atoms with van der Waals surface area (Å²) in [5, 5.41) is 9.16. The van der Waals surface area contributed by atoms with Crippen molar-refractivity contribution in [2.75, 3.05) is 38.6 Å². The van der Waals surface area contributed by atoms with Gasteiger partial charge in [-0.05, 0) is 56.1 Å². The van der Waals surface area contributed by atoms with Gasteiger partial charge in [-0.25, -0.2) is 4.98 Å². The molecule has 0 radical (unpaired) electrons. The van der Waals surface area contributed by atoms with E-state index in [2.05, 4.69) is 25.9 Å². The fourth-order valence-corrected chi connectivity index (χ4v) is 2.99. The van der Waals surface area contributed by atoms with E-state index in [0.717, 1.165) is 25.9 Å². The number of benzene rings is 1. The molecule has 4 N–H and O–H groups in total. The van der Waals surface area contributed by atoms with E-state index >= 15 is 0 Å². The third-order valence-corrected chi connectivity index (χ3v) is 4.64. The van der Waals surface area contributed by atoms with E-state index in [4.69, 9.17) is 4.74 Å². The highest BCUT2D eigenvalue weighted by atomic mass is 16.5. The highest BCUT2D eigenvalue weighted by Crippen LogP contribution is 2.15. The van der Waals surface area contributed by atoms with Gasteiger partial charge in [-0.3, -0.25) is 9.59 Å². The molecule has 1 aliphatic heterocycles. The largest absolute Gasteiger partial charge is 0.497 e. The van der Waals surface area contributed by atoms with Crippen LogP contribution in [0, 0.1) is 5.92 Å². The lowest BCUT2D eigenvalue weighted by atomic mass is 9.98. The summed E-state index contributed by atoms with van der Waals surface area (Å²) in [5.74, 6) is 1.35. The van der Waals surface area contributed by atoms with Gasteiger partial charge in [0, 0.05) is 12.1 Å². The summed E-state index contributed by atoms with van der Waals surface area (Å²) in [6, 6.07) is 6.86. The molecule has 3 rings (SSSR count). The Kier molecular flexibility index (Phi) is 6.43. The third kappa shape index (κ3) is 5.30. The summed E-state index contributed by atoms with van der Waals surface area (Å²) in [6.07, 6.45) is 3.63. The fourth-order valence-electron chi connectivity index (χ4n) is 2.99. The minimum absolute atomic E-state index is 0.0898. The number of methoxy groups -OCH3 is 1. The van der Waals surface area contributed by atoms with Gasteiger partial charge in [-0.1, -0.05) is 0 Å². The van der Waals surface area contributed by atoms with Crippen LogP contribution in [-0.2, 0) is 4.79 Å². The SMILES string of the molecule is COc1ccc(C(=O)c2cnc(NCC(=O)NCC3CCNCC3)[nH]2)cc1. The maximum atomic E-state index is 12.5. The fraction of sp³-hybridized carbons (Fsp3) is 0.421. The van der Waals surface area contributed by atoms with Crippen LogP contribution in [0.25, 0.3) is 0 Å². The summed E-state index contributed by atoms with van der Waals surface area (Å²) >= 11 is 0. The molecule has 1 aromatic carbocycles. The molecule has 0 unspecified atom stereocenters. The second kappa shape index (κ2) is 9.18. The lowest BCUT2D eigenvalue weighted by Gasteiger charge is -2.22. The molecule has 2 aromatic rings. The van der Waals surface area contributed by atoms with E-state index in [-0.39, 0.29) is 18.2 Å². The van der Waals surface area contributed by atoms with Gasteiger partial charge in [0.15, 0.2) is 0 Å². The number of aromatic amines is 1. The van der Waals surface area contributed by atoms with Gasteiger partial charge in [0.2, 0.25) is 17.6 Å². The van der Waals surface area contributed by atoms with Gasteiger partial charge in [0.1, 0.15) is 11.4 Å². The third-order valence-electron chi connectivity index (χ3n) is 4.64. The van der Waals surface area contributed by atoms with E-state index in [1.54, 1.807) is 31.4 Å². The van der Waals surface area contributed by atoms with Gasteiger partial charge < -0.3 is 25.7 Å². The number of ether oxygens (including phenoxy) is 1. The van der Waals surface area contributed by atoms with Crippen molar-refractivity contribution >= 4 is 17.6 Å². The molecule has 1 fully saturated rings. The molecule has 144 valence electrons. The van der Waals surface area contributed by atoms with Gasteiger partial charge >= 0.3 is 0 Å². The molecule has 1 saturated heterocycles.